The highest BCUT2D eigenvalue weighted by molar-refractivity contribution is 8.14. The van der Waals surface area contributed by atoms with E-state index in [2.05, 4.69) is 30.6 Å². The highest BCUT2D eigenvalue weighted by Crippen LogP contribution is 2.18. The number of hydrogen-bond acceptors (Lipinski definition) is 6. The molecule has 0 radical (unpaired) electrons. The van der Waals surface area contributed by atoms with Gasteiger partial charge in [-0.1, -0.05) is 19.3 Å². The lowest BCUT2D eigenvalue weighted by atomic mass is 9.96. The SMILES string of the molecule is O=C(NCCSC1=NC=NC2=NC=NC21)NC1CCCCC1. The summed E-state index contributed by atoms with van der Waals surface area (Å²) in [4.78, 5) is 28.5. The molecule has 0 aromatic heterocycles. The molecule has 118 valence electrons. The monoisotopic (exact) mass is 320 g/mol. The Hall–Kier alpha value is -1.70. The highest BCUT2D eigenvalue weighted by atomic mass is 32.2. The Balaban J connectivity index is 1.34. The summed E-state index contributed by atoms with van der Waals surface area (Å²) >= 11 is 1.58. The lowest BCUT2D eigenvalue weighted by molar-refractivity contribution is 0.233. The molecular formula is C14H20N6OS. The zero-order valence-electron chi connectivity index (χ0n) is 12.4. The highest BCUT2D eigenvalue weighted by Gasteiger charge is 2.26. The van der Waals surface area contributed by atoms with Gasteiger partial charge in [-0.25, -0.2) is 19.8 Å². The molecule has 8 heteroatoms. The first-order valence-electron chi connectivity index (χ1n) is 7.69. The molecule has 0 aromatic carbocycles. The summed E-state index contributed by atoms with van der Waals surface area (Å²) in [6, 6.07) is 0.124. The van der Waals surface area contributed by atoms with E-state index >= 15 is 0 Å². The largest absolute Gasteiger partial charge is 0.337 e. The Morgan fingerprint density at radius 3 is 2.95 bits per heavy atom. The molecule has 0 bridgehead atoms. The van der Waals surface area contributed by atoms with Crippen LogP contribution in [0, 0.1) is 0 Å². The second kappa shape index (κ2) is 7.53. The van der Waals surface area contributed by atoms with Crippen LogP contribution in [0.25, 0.3) is 0 Å². The molecule has 1 atom stereocenters. The van der Waals surface area contributed by atoms with Gasteiger partial charge in [0.1, 0.15) is 17.7 Å². The molecule has 2 N–H and O–H groups in total. The Bertz CT molecular complexity index is 535. The van der Waals surface area contributed by atoms with Gasteiger partial charge in [-0.3, -0.25) is 4.99 Å². The van der Waals surface area contributed by atoms with E-state index in [1.165, 1.54) is 31.9 Å². The van der Waals surface area contributed by atoms with Crippen LogP contribution in [0.1, 0.15) is 32.1 Å². The van der Waals surface area contributed by atoms with Crippen LogP contribution >= 0.6 is 11.8 Å². The predicted octanol–water partition coefficient (Wildman–Crippen LogP) is 1.60. The molecule has 0 saturated heterocycles. The number of rotatable bonds is 4. The van der Waals surface area contributed by atoms with E-state index in [1.54, 1.807) is 11.8 Å². The minimum atomic E-state index is -0.147. The van der Waals surface area contributed by atoms with Gasteiger partial charge in [0.2, 0.25) is 0 Å². The molecule has 1 fully saturated rings. The van der Waals surface area contributed by atoms with Gasteiger partial charge in [0.05, 0.1) is 0 Å². The van der Waals surface area contributed by atoms with Crippen LogP contribution in [0.3, 0.4) is 0 Å². The number of carbonyl (C=O) groups excluding carboxylic acids is 1. The van der Waals surface area contributed by atoms with Crippen LogP contribution in [-0.2, 0) is 0 Å². The van der Waals surface area contributed by atoms with Crippen LogP contribution in [0.15, 0.2) is 20.0 Å². The van der Waals surface area contributed by atoms with Crippen LogP contribution < -0.4 is 10.6 Å². The minimum absolute atomic E-state index is 0.0687. The van der Waals surface area contributed by atoms with Gasteiger partial charge in [0.25, 0.3) is 0 Å². The molecule has 0 spiro atoms. The van der Waals surface area contributed by atoms with Crippen molar-refractivity contribution in [1.82, 2.24) is 10.6 Å². The molecule has 7 nitrogen and oxygen atoms in total. The van der Waals surface area contributed by atoms with E-state index in [0.717, 1.165) is 23.6 Å². The Labute approximate surface area is 133 Å². The first kappa shape index (κ1) is 15.2. The molecule has 2 aliphatic heterocycles. The zero-order chi connectivity index (χ0) is 15.2. The van der Waals surface area contributed by atoms with Crippen molar-refractivity contribution in [1.29, 1.82) is 0 Å². The first-order chi connectivity index (χ1) is 10.8. The number of amides is 2. The average Bonchev–Trinajstić information content (AvgIpc) is 3.02. The number of urea groups is 1. The molecule has 2 heterocycles. The summed E-state index contributed by atoms with van der Waals surface area (Å²) in [5.41, 5.74) is 0. The smallest absolute Gasteiger partial charge is 0.315 e. The summed E-state index contributed by atoms with van der Waals surface area (Å²) in [5.74, 6) is 1.45. The summed E-state index contributed by atoms with van der Waals surface area (Å²) in [6.07, 6.45) is 8.95. The van der Waals surface area contributed by atoms with Gasteiger partial charge in [-0.05, 0) is 12.8 Å². The molecule has 1 saturated carbocycles. The third kappa shape index (κ3) is 3.94. The average molecular weight is 320 g/mol. The van der Waals surface area contributed by atoms with Crippen molar-refractivity contribution in [3.63, 3.8) is 0 Å². The molecule has 22 heavy (non-hydrogen) atoms. The van der Waals surface area contributed by atoms with Crippen LogP contribution in [0.4, 0.5) is 4.79 Å². The number of nitrogens with one attached hydrogen (secondary N) is 2. The quantitative estimate of drug-likeness (QED) is 0.770. The van der Waals surface area contributed by atoms with Gasteiger partial charge in [-0.2, -0.15) is 0 Å². The number of nitrogens with zero attached hydrogens (tertiary/aromatic N) is 4. The summed E-state index contributed by atoms with van der Waals surface area (Å²) in [6.45, 7) is 0.599. The maximum atomic E-state index is 11.8. The van der Waals surface area contributed by atoms with Crippen LogP contribution in [-0.4, -0.2) is 54.0 Å². The van der Waals surface area contributed by atoms with Crippen LogP contribution in [0.5, 0.6) is 0 Å². The summed E-state index contributed by atoms with van der Waals surface area (Å²) in [5, 5.41) is 6.83. The number of aliphatic imine (C=N–C) groups is 4. The normalized spacial score (nSPS) is 23.7. The fourth-order valence-electron chi connectivity index (χ4n) is 2.71. The van der Waals surface area contributed by atoms with Gasteiger partial charge in [0.15, 0.2) is 11.9 Å². The topological polar surface area (TPSA) is 90.6 Å². The van der Waals surface area contributed by atoms with E-state index in [-0.39, 0.29) is 12.1 Å². The van der Waals surface area contributed by atoms with E-state index in [4.69, 9.17) is 0 Å². The third-order valence-electron chi connectivity index (χ3n) is 3.84. The zero-order valence-corrected chi connectivity index (χ0v) is 13.2. The standard InChI is InChI=1S/C14H20N6OS/c21-14(20-10-4-2-1-3-5-10)15-6-7-22-13-11-12(17-8-16-11)18-9-19-13/h8-11H,1-7H2,(H2,15,20,21). The van der Waals surface area contributed by atoms with Crippen molar-refractivity contribution in [3.8, 4) is 0 Å². The maximum absolute atomic E-state index is 11.8. The second-order valence-electron chi connectivity index (χ2n) is 5.45. The van der Waals surface area contributed by atoms with Crippen molar-refractivity contribution in [2.24, 2.45) is 20.0 Å². The van der Waals surface area contributed by atoms with Gasteiger partial charge < -0.3 is 10.6 Å². The minimum Gasteiger partial charge on any atom is -0.337 e. The number of carbonyl (C=O) groups is 1. The van der Waals surface area contributed by atoms with Gasteiger partial charge >= 0.3 is 6.03 Å². The fraction of sp³-hybridized carbons (Fsp3) is 0.643. The Kier molecular flexibility index (Phi) is 5.20. The van der Waals surface area contributed by atoms with Crippen molar-refractivity contribution < 1.29 is 4.79 Å². The van der Waals surface area contributed by atoms with Crippen molar-refractivity contribution in [2.75, 3.05) is 12.3 Å². The Morgan fingerprint density at radius 2 is 2.09 bits per heavy atom. The van der Waals surface area contributed by atoms with Gasteiger partial charge in [-0.15, -0.1) is 11.8 Å². The molecule has 1 aliphatic carbocycles. The van der Waals surface area contributed by atoms with Crippen molar-refractivity contribution in [3.05, 3.63) is 0 Å². The molecule has 3 rings (SSSR count). The molecule has 2 amide bonds. The maximum Gasteiger partial charge on any atom is 0.315 e. The molecule has 3 aliphatic rings. The number of hydrogen-bond donors (Lipinski definition) is 2. The number of amidine groups is 1. The predicted molar refractivity (Wildman–Crippen MR) is 91.5 cm³/mol. The number of thioether (sulfide) groups is 1. The first-order valence-corrected chi connectivity index (χ1v) is 8.68. The Morgan fingerprint density at radius 1 is 1.23 bits per heavy atom. The molecule has 1 unspecified atom stereocenters. The van der Waals surface area contributed by atoms with E-state index < -0.39 is 0 Å². The fourth-order valence-corrected chi connectivity index (χ4v) is 3.57. The lowest BCUT2D eigenvalue weighted by Crippen LogP contribution is -2.43. The van der Waals surface area contributed by atoms with Gasteiger partial charge in [0, 0.05) is 18.3 Å². The molecular weight excluding hydrogens is 300 g/mol. The number of fused-ring (bicyclic) bond motifs is 1. The van der Waals surface area contributed by atoms with Crippen molar-refractivity contribution >= 4 is 41.3 Å². The van der Waals surface area contributed by atoms with E-state index in [9.17, 15) is 4.79 Å². The van der Waals surface area contributed by atoms with Crippen LogP contribution in [0.2, 0.25) is 0 Å². The van der Waals surface area contributed by atoms with Crippen molar-refractivity contribution in [2.45, 2.75) is 44.2 Å². The third-order valence-corrected chi connectivity index (χ3v) is 4.87. The summed E-state index contributed by atoms with van der Waals surface area (Å²) < 4.78 is 0. The lowest BCUT2D eigenvalue weighted by Gasteiger charge is -2.22. The van der Waals surface area contributed by atoms with E-state index in [1.807, 2.05) is 0 Å². The molecule has 0 aromatic rings. The summed E-state index contributed by atoms with van der Waals surface area (Å²) in [7, 11) is 0. The van der Waals surface area contributed by atoms with E-state index in [0.29, 0.717) is 18.4 Å². The second-order valence-corrected chi connectivity index (χ2v) is 6.57.